The molecule has 0 aliphatic rings. The Morgan fingerprint density at radius 2 is 2.14 bits per heavy atom. The lowest BCUT2D eigenvalue weighted by Gasteiger charge is -2.03. The molecule has 0 aliphatic carbocycles. The molecule has 14 heavy (non-hydrogen) atoms. The van der Waals surface area contributed by atoms with Gasteiger partial charge in [-0.3, -0.25) is 0 Å². The molecule has 0 amide bonds. The fourth-order valence-electron chi connectivity index (χ4n) is 1.76. The smallest absolute Gasteiger partial charge is 0.0873 e. The topological polar surface area (TPSA) is 26.0 Å². The molecule has 76 valence electrons. The van der Waals surface area contributed by atoms with E-state index in [1.165, 1.54) is 25.4 Å². The second-order valence-electron chi connectivity index (χ2n) is 3.91. The Morgan fingerprint density at radius 3 is 2.71 bits per heavy atom. The van der Waals surface area contributed by atoms with E-state index in [1.807, 2.05) is 22.7 Å². The zero-order valence-electron chi connectivity index (χ0n) is 8.76. The van der Waals surface area contributed by atoms with Gasteiger partial charge in [0.2, 0.25) is 0 Å². The van der Waals surface area contributed by atoms with Gasteiger partial charge in [0.15, 0.2) is 0 Å². The minimum Gasteiger partial charge on any atom is -0.328 e. The Morgan fingerprint density at radius 1 is 1.43 bits per heavy atom. The maximum Gasteiger partial charge on any atom is 0.0873 e. The molecular formula is C11H15NS2. The number of hydrogen-bond donors (Lipinski definition) is 1. The van der Waals surface area contributed by atoms with Crippen molar-refractivity contribution in [1.82, 2.24) is 0 Å². The van der Waals surface area contributed by atoms with E-state index in [0.717, 1.165) is 6.42 Å². The van der Waals surface area contributed by atoms with Crippen LogP contribution in [0.2, 0.25) is 0 Å². The predicted octanol–water partition coefficient (Wildman–Crippen LogP) is 3.47. The van der Waals surface area contributed by atoms with E-state index in [4.69, 9.17) is 5.73 Å². The first-order valence-electron chi connectivity index (χ1n) is 4.81. The summed E-state index contributed by atoms with van der Waals surface area (Å²) >= 11 is 3.77. The number of fused-ring (bicyclic) bond motifs is 1. The number of thiophene rings is 2. The van der Waals surface area contributed by atoms with Gasteiger partial charge in [-0.05, 0) is 43.7 Å². The average Bonchev–Trinajstić information content (AvgIpc) is 2.57. The Bertz CT molecular complexity index is 451. The first kappa shape index (κ1) is 10.1. The molecule has 0 saturated carbocycles. The standard InChI is InChI=1S/C11H15NS2/c1-6-5-13-11-10(6)8(3)9(14-11)4-7(2)12/h5,7H,4,12H2,1-3H3. The van der Waals surface area contributed by atoms with Crippen molar-refractivity contribution in [2.45, 2.75) is 33.2 Å². The summed E-state index contributed by atoms with van der Waals surface area (Å²) in [7, 11) is 0. The SMILES string of the molecule is Cc1csc2sc(CC(C)N)c(C)c12. The van der Waals surface area contributed by atoms with Crippen LogP contribution in [0.1, 0.15) is 22.9 Å². The van der Waals surface area contributed by atoms with Gasteiger partial charge in [-0.25, -0.2) is 0 Å². The fraction of sp³-hybridized carbons (Fsp3) is 0.455. The van der Waals surface area contributed by atoms with E-state index in [9.17, 15) is 0 Å². The molecule has 0 aliphatic heterocycles. The molecule has 0 fully saturated rings. The summed E-state index contributed by atoms with van der Waals surface area (Å²) in [6.45, 7) is 6.48. The Balaban J connectivity index is 2.52. The van der Waals surface area contributed by atoms with Crippen LogP contribution in [0.5, 0.6) is 0 Å². The largest absolute Gasteiger partial charge is 0.328 e. The third-order valence-corrected chi connectivity index (χ3v) is 4.99. The first-order chi connectivity index (χ1) is 6.59. The molecule has 2 rings (SSSR count). The second-order valence-corrected chi connectivity index (χ2v) is 6.16. The number of hydrogen-bond acceptors (Lipinski definition) is 3. The highest BCUT2D eigenvalue weighted by atomic mass is 32.2. The summed E-state index contributed by atoms with van der Waals surface area (Å²) in [5.41, 5.74) is 8.69. The number of aryl methyl sites for hydroxylation is 2. The van der Waals surface area contributed by atoms with Crippen molar-refractivity contribution in [3.63, 3.8) is 0 Å². The zero-order chi connectivity index (χ0) is 10.3. The minimum atomic E-state index is 0.266. The molecule has 1 nitrogen and oxygen atoms in total. The van der Waals surface area contributed by atoms with Crippen LogP contribution in [-0.2, 0) is 6.42 Å². The molecule has 0 aromatic carbocycles. The molecule has 1 atom stereocenters. The van der Waals surface area contributed by atoms with Crippen LogP contribution in [0.3, 0.4) is 0 Å². The van der Waals surface area contributed by atoms with Crippen molar-refractivity contribution in [3.8, 4) is 0 Å². The summed E-state index contributed by atoms with van der Waals surface area (Å²) in [6, 6.07) is 0.266. The molecule has 3 heteroatoms. The molecule has 0 radical (unpaired) electrons. The van der Waals surface area contributed by atoms with E-state index in [0.29, 0.717) is 0 Å². The Kier molecular flexibility index (Phi) is 2.64. The highest BCUT2D eigenvalue weighted by Crippen LogP contribution is 2.37. The summed E-state index contributed by atoms with van der Waals surface area (Å²) in [6.07, 6.45) is 1.01. The molecule has 2 aromatic heterocycles. The average molecular weight is 225 g/mol. The lowest BCUT2D eigenvalue weighted by atomic mass is 10.1. The lowest BCUT2D eigenvalue weighted by molar-refractivity contribution is 0.744. The monoisotopic (exact) mass is 225 g/mol. The summed E-state index contributed by atoms with van der Waals surface area (Å²) in [5.74, 6) is 0. The molecule has 0 spiro atoms. The van der Waals surface area contributed by atoms with Crippen molar-refractivity contribution in [1.29, 1.82) is 0 Å². The maximum absolute atomic E-state index is 5.83. The lowest BCUT2D eigenvalue weighted by Crippen LogP contribution is -2.17. The highest BCUT2D eigenvalue weighted by Gasteiger charge is 2.12. The number of rotatable bonds is 2. The van der Waals surface area contributed by atoms with Crippen LogP contribution < -0.4 is 5.73 Å². The molecule has 0 bridgehead atoms. The normalized spacial score (nSPS) is 13.7. The quantitative estimate of drug-likeness (QED) is 0.832. The molecule has 2 N–H and O–H groups in total. The van der Waals surface area contributed by atoms with Gasteiger partial charge < -0.3 is 5.73 Å². The summed E-state index contributed by atoms with van der Waals surface area (Å²) in [4.78, 5) is 1.46. The van der Waals surface area contributed by atoms with E-state index < -0.39 is 0 Å². The van der Waals surface area contributed by atoms with E-state index in [1.54, 1.807) is 0 Å². The van der Waals surface area contributed by atoms with Gasteiger partial charge >= 0.3 is 0 Å². The second kappa shape index (κ2) is 3.65. The van der Waals surface area contributed by atoms with Crippen LogP contribution in [-0.4, -0.2) is 6.04 Å². The maximum atomic E-state index is 5.83. The van der Waals surface area contributed by atoms with Crippen LogP contribution in [0.25, 0.3) is 9.40 Å². The van der Waals surface area contributed by atoms with Crippen molar-refractivity contribution in [2.75, 3.05) is 0 Å². The van der Waals surface area contributed by atoms with Crippen LogP contribution in [0.4, 0.5) is 0 Å². The van der Waals surface area contributed by atoms with Crippen LogP contribution in [0.15, 0.2) is 5.38 Å². The van der Waals surface area contributed by atoms with Gasteiger partial charge in [0.05, 0.1) is 4.01 Å². The van der Waals surface area contributed by atoms with Gasteiger partial charge in [-0.15, -0.1) is 22.7 Å². The zero-order valence-corrected chi connectivity index (χ0v) is 10.4. The third kappa shape index (κ3) is 1.60. The molecule has 2 aromatic rings. The predicted molar refractivity (Wildman–Crippen MR) is 66.5 cm³/mol. The Hall–Kier alpha value is -0.380. The van der Waals surface area contributed by atoms with E-state index >= 15 is 0 Å². The molecule has 1 unspecified atom stereocenters. The molecule has 0 saturated heterocycles. The van der Waals surface area contributed by atoms with Crippen molar-refractivity contribution in [2.24, 2.45) is 5.73 Å². The third-order valence-electron chi connectivity index (χ3n) is 2.46. The van der Waals surface area contributed by atoms with E-state index in [2.05, 4.69) is 26.2 Å². The fourth-order valence-corrected chi connectivity index (χ4v) is 4.47. The molecular weight excluding hydrogens is 210 g/mol. The van der Waals surface area contributed by atoms with Gasteiger partial charge in [0.25, 0.3) is 0 Å². The molecule has 2 heterocycles. The van der Waals surface area contributed by atoms with E-state index in [-0.39, 0.29) is 6.04 Å². The van der Waals surface area contributed by atoms with Crippen molar-refractivity contribution < 1.29 is 0 Å². The van der Waals surface area contributed by atoms with Gasteiger partial charge in [0, 0.05) is 16.3 Å². The summed E-state index contributed by atoms with van der Waals surface area (Å²) in [5, 5.41) is 3.71. The van der Waals surface area contributed by atoms with Crippen molar-refractivity contribution >= 4 is 32.1 Å². The van der Waals surface area contributed by atoms with Crippen molar-refractivity contribution in [3.05, 3.63) is 21.4 Å². The highest BCUT2D eigenvalue weighted by molar-refractivity contribution is 7.37. The van der Waals surface area contributed by atoms with Gasteiger partial charge in [0.1, 0.15) is 0 Å². The van der Waals surface area contributed by atoms with Crippen LogP contribution in [0, 0.1) is 13.8 Å². The number of nitrogens with two attached hydrogens (primary N) is 1. The van der Waals surface area contributed by atoms with Crippen LogP contribution >= 0.6 is 22.7 Å². The summed E-state index contributed by atoms with van der Waals surface area (Å²) < 4.78 is 1.45. The minimum absolute atomic E-state index is 0.266. The first-order valence-corrected chi connectivity index (χ1v) is 6.51. The van der Waals surface area contributed by atoms with Gasteiger partial charge in [-0.1, -0.05) is 0 Å². The Labute approximate surface area is 92.6 Å². The van der Waals surface area contributed by atoms with Gasteiger partial charge in [-0.2, -0.15) is 0 Å².